The quantitative estimate of drug-likeness (QED) is 0.636. The number of benzene rings is 2. The summed E-state index contributed by atoms with van der Waals surface area (Å²) in [6.07, 6.45) is 2.84. The van der Waals surface area contributed by atoms with E-state index in [0.29, 0.717) is 5.92 Å². The number of nitrogens with zero attached hydrogens (tertiary/aromatic N) is 2. The summed E-state index contributed by atoms with van der Waals surface area (Å²) in [7, 11) is 5.44. The zero-order chi connectivity index (χ0) is 20.6. The van der Waals surface area contributed by atoms with Crippen LogP contribution in [0.2, 0.25) is 0 Å². The highest BCUT2D eigenvalue weighted by molar-refractivity contribution is 5.84. The molecule has 0 saturated carbocycles. The molecule has 3 rings (SSSR count). The molecule has 0 aliphatic carbocycles. The van der Waals surface area contributed by atoms with E-state index in [1.807, 2.05) is 18.2 Å². The minimum Gasteiger partial charge on any atom is -0.493 e. The van der Waals surface area contributed by atoms with E-state index in [1.165, 1.54) is 17.0 Å². The molecule has 5 heteroatoms. The minimum atomic E-state index is 0.477. The standard InChI is InChI=1S/C24H32N2O3/c1-5-20-8-6-7-9-21(20)29-17-19-15-24(26(2)16-19)25-13-12-18-10-11-22(27-3)23(14-18)28-4/h6-11,14,19H,5,12-13,15-17H2,1-4H3. The van der Waals surface area contributed by atoms with E-state index in [-0.39, 0.29) is 0 Å². The summed E-state index contributed by atoms with van der Waals surface area (Å²) in [5.74, 6) is 4.18. The Kier molecular flexibility index (Phi) is 7.39. The Morgan fingerprint density at radius 1 is 1.03 bits per heavy atom. The van der Waals surface area contributed by atoms with Crippen LogP contribution >= 0.6 is 0 Å². The molecule has 1 fully saturated rings. The van der Waals surface area contributed by atoms with E-state index in [4.69, 9.17) is 19.2 Å². The van der Waals surface area contributed by atoms with Gasteiger partial charge in [0.05, 0.1) is 26.7 Å². The Morgan fingerprint density at radius 3 is 2.59 bits per heavy atom. The lowest BCUT2D eigenvalue weighted by atomic mass is 10.1. The molecule has 1 atom stereocenters. The third-order valence-electron chi connectivity index (χ3n) is 5.41. The molecule has 2 aromatic rings. The third kappa shape index (κ3) is 5.43. The van der Waals surface area contributed by atoms with Gasteiger partial charge in [-0.2, -0.15) is 0 Å². The van der Waals surface area contributed by atoms with E-state index < -0.39 is 0 Å². The number of rotatable bonds is 9. The van der Waals surface area contributed by atoms with Crippen LogP contribution in [0, 0.1) is 5.92 Å². The molecular formula is C24H32N2O3. The van der Waals surface area contributed by atoms with Gasteiger partial charge in [-0.25, -0.2) is 0 Å². The Labute approximate surface area is 174 Å². The lowest BCUT2D eigenvalue weighted by Gasteiger charge is -2.14. The van der Waals surface area contributed by atoms with Crippen LogP contribution in [0.25, 0.3) is 0 Å². The molecule has 1 aliphatic heterocycles. The summed E-state index contributed by atoms with van der Waals surface area (Å²) in [5.41, 5.74) is 2.46. The van der Waals surface area contributed by atoms with Crippen LogP contribution < -0.4 is 14.2 Å². The molecule has 0 amide bonds. The first-order valence-electron chi connectivity index (χ1n) is 10.3. The fraction of sp³-hybridized carbons (Fsp3) is 0.458. The molecule has 1 saturated heterocycles. The van der Waals surface area contributed by atoms with E-state index in [0.717, 1.165) is 56.2 Å². The molecule has 5 nitrogen and oxygen atoms in total. The molecule has 1 aliphatic rings. The normalized spacial score (nSPS) is 17.6. The topological polar surface area (TPSA) is 43.3 Å². The van der Waals surface area contributed by atoms with Gasteiger partial charge in [0.2, 0.25) is 0 Å². The summed E-state index contributed by atoms with van der Waals surface area (Å²) in [6.45, 7) is 4.65. The maximum Gasteiger partial charge on any atom is 0.160 e. The zero-order valence-electron chi connectivity index (χ0n) is 18.0. The van der Waals surface area contributed by atoms with Gasteiger partial charge in [-0.1, -0.05) is 31.2 Å². The van der Waals surface area contributed by atoms with Crippen LogP contribution in [0.15, 0.2) is 47.5 Å². The van der Waals surface area contributed by atoms with Crippen molar-refractivity contribution in [1.29, 1.82) is 0 Å². The lowest BCUT2D eigenvalue weighted by molar-refractivity contribution is 0.247. The van der Waals surface area contributed by atoms with Crippen LogP contribution in [0.5, 0.6) is 17.2 Å². The van der Waals surface area contributed by atoms with Gasteiger partial charge in [-0.3, -0.25) is 4.99 Å². The summed E-state index contributed by atoms with van der Waals surface area (Å²) in [6, 6.07) is 14.4. The maximum atomic E-state index is 6.12. The maximum absolute atomic E-state index is 6.12. The average molecular weight is 397 g/mol. The van der Waals surface area contributed by atoms with E-state index in [9.17, 15) is 0 Å². The van der Waals surface area contributed by atoms with Crippen LogP contribution in [-0.4, -0.2) is 51.7 Å². The molecule has 1 heterocycles. The number of aryl methyl sites for hydroxylation is 1. The van der Waals surface area contributed by atoms with Crippen molar-refractivity contribution in [3.63, 3.8) is 0 Å². The van der Waals surface area contributed by atoms with E-state index in [1.54, 1.807) is 14.2 Å². The molecule has 0 bridgehead atoms. The highest BCUT2D eigenvalue weighted by Gasteiger charge is 2.25. The van der Waals surface area contributed by atoms with Gasteiger partial charge in [0.25, 0.3) is 0 Å². The van der Waals surface area contributed by atoms with Gasteiger partial charge in [-0.05, 0) is 42.2 Å². The molecule has 0 spiro atoms. The van der Waals surface area contributed by atoms with Crippen molar-refractivity contribution in [2.24, 2.45) is 10.9 Å². The Bertz CT molecular complexity index is 835. The number of methoxy groups -OCH3 is 2. The van der Waals surface area contributed by atoms with Gasteiger partial charge in [-0.15, -0.1) is 0 Å². The van der Waals surface area contributed by atoms with Crippen molar-refractivity contribution in [1.82, 2.24) is 4.90 Å². The monoisotopic (exact) mass is 396 g/mol. The number of amidine groups is 1. The first-order chi connectivity index (χ1) is 14.1. The number of hydrogen-bond acceptors (Lipinski definition) is 4. The zero-order valence-corrected chi connectivity index (χ0v) is 18.0. The van der Waals surface area contributed by atoms with E-state index in [2.05, 4.69) is 43.1 Å². The summed E-state index contributed by atoms with van der Waals surface area (Å²) in [5, 5.41) is 0. The Hall–Kier alpha value is -2.69. The number of ether oxygens (including phenoxy) is 3. The van der Waals surface area contributed by atoms with Gasteiger partial charge in [0, 0.05) is 32.5 Å². The fourth-order valence-electron chi connectivity index (χ4n) is 3.76. The predicted octanol–water partition coefficient (Wildman–Crippen LogP) is 4.24. The fourth-order valence-corrected chi connectivity index (χ4v) is 3.76. The van der Waals surface area contributed by atoms with Gasteiger partial charge >= 0.3 is 0 Å². The lowest BCUT2D eigenvalue weighted by Crippen LogP contribution is -2.21. The van der Waals surface area contributed by atoms with Crippen LogP contribution in [-0.2, 0) is 12.8 Å². The number of aliphatic imine (C=N–C) groups is 1. The molecule has 0 N–H and O–H groups in total. The van der Waals surface area contributed by atoms with Gasteiger partial charge in [0.15, 0.2) is 11.5 Å². The second kappa shape index (κ2) is 10.2. The molecule has 0 radical (unpaired) electrons. The largest absolute Gasteiger partial charge is 0.493 e. The van der Waals surface area contributed by atoms with Crippen molar-refractivity contribution >= 4 is 5.84 Å². The smallest absolute Gasteiger partial charge is 0.160 e. The second-order valence-corrected chi connectivity index (χ2v) is 7.46. The molecule has 0 aromatic heterocycles. The number of para-hydroxylation sites is 1. The predicted molar refractivity (Wildman–Crippen MR) is 118 cm³/mol. The van der Waals surface area contributed by atoms with Crippen LogP contribution in [0.1, 0.15) is 24.5 Å². The van der Waals surface area contributed by atoms with Gasteiger partial charge < -0.3 is 19.1 Å². The van der Waals surface area contributed by atoms with Crippen LogP contribution in [0.4, 0.5) is 0 Å². The van der Waals surface area contributed by atoms with Crippen molar-refractivity contribution in [2.45, 2.75) is 26.2 Å². The van der Waals surface area contributed by atoms with Crippen LogP contribution in [0.3, 0.4) is 0 Å². The molecule has 156 valence electrons. The van der Waals surface area contributed by atoms with Gasteiger partial charge in [0.1, 0.15) is 5.75 Å². The van der Waals surface area contributed by atoms with Crippen molar-refractivity contribution in [2.75, 3.05) is 41.0 Å². The highest BCUT2D eigenvalue weighted by Crippen LogP contribution is 2.28. The van der Waals surface area contributed by atoms with E-state index >= 15 is 0 Å². The van der Waals surface area contributed by atoms with Crippen molar-refractivity contribution in [3.05, 3.63) is 53.6 Å². The van der Waals surface area contributed by atoms with Crippen molar-refractivity contribution < 1.29 is 14.2 Å². The van der Waals surface area contributed by atoms with Crippen molar-refractivity contribution in [3.8, 4) is 17.2 Å². The number of hydrogen-bond donors (Lipinski definition) is 0. The number of likely N-dealkylation sites (tertiary alicyclic amines) is 1. The Morgan fingerprint density at radius 2 is 1.83 bits per heavy atom. The SMILES string of the molecule is CCc1ccccc1OCC1CC(=NCCc2ccc(OC)c(OC)c2)N(C)C1. The molecular weight excluding hydrogens is 364 g/mol. The Balaban J connectivity index is 1.52. The second-order valence-electron chi connectivity index (χ2n) is 7.46. The summed E-state index contributed by atoms with van der Waals surface area (Å²) < 4.78 is 16.8. The minimum absolute atomic E-state index is 0.477. The molecule has 1 unspecified atom stereocenters. The first-order valence-corrected chi connectivity index (χ1v) is 10.3. The summed E-state index contributed by atoms with van der Waals surface area (Å²) >= 11 is 0. The molecule has 29 heavy (non-hydrogen) atoms. The average Bonchev–Trinajstić information content (AvgIpc) is 3.11. The third-order valence-corrected chi connectivity index (χ3v) is 5.41. The highest BCUT2D eigenvalue weighted by atomic mass is 16.5. The summed E-state index contributed by atoms with van der Waals surface area (Å²) in [4.78, 5) is 7.11. The first kappa shape index (κ1) is 21.0. The molecule has 2 aromatic carbocycles.